The second-order valence-electron chi connectivity index (χ2n) is 4.50. The van der Waals surface area contributed by atoms with Gasteiger partial charge in [-0.05, 0) is 37.2 Å². The number of hydrogen-bond donors (Lipinski definition) is 0. The molecule has 7 heteroatoms. The number of likely N-dealkylation sites (tertiary alicyclic amines) is 1. The van der Waals surface area contributed by atoms with Gasteiger partial charge >= 0.3 is 12.4 Å². The number of alkyl halides is 6. The Kier molecular flexibility index (Phi) is 3.51. The Labute approximate surface area is 105 Å². The molecule has 0 aliphatic carbocycles. The van der Waals surface area contributed by atoms with Crippen LogP contribution >= 0.6 is 0 Å². The summed E-state index contributed by atoms with van der Waals surface area (Å²) in [7, 11) is 0. The molecular formula is C12H11F6N. The molecule has 1 saturated heterocycles. The fourth-order valence-corrected chi connectivity index (χ4v) is 1.94. The minimum Gasteiger partial charge on any atom is -0.299 e. The van der Waals surface area contributed by atoms with Crippen molar-refractivity contribution in [1.29, 1.82) is 0 Å². The molecule has 1 aliphatic heterocycles. The van der Waals surface area contributed by atoms with Gasteiger partial charge in [0.2, 0.25) is 0 Å². The van der Waals surface area contributed by atoms with Crippen molar-refractivity contribution in [2.24, 2.45) is 0 Å². The monoisotopic (exact) mass is 283 g/mol. The van der Waals surface area contributed by atoms with E-state index in [1.807, 2.05) is 0 Å². The van der Waals surface area contributed by atoms with E-state index in [9.17, 15) is 26.3 Å². The molecule has 0 N–H and O–H groups in total. The van der Waals surface area contributed by atoms with Crippen LogP contribution in [0.2, 0.25) is 0 Å². The lowest BCUT2D eigenvalue weighted by molar-refractivity contribution is -0.143. The Balaban J connectivity index is 2.36. The van der Waals surface area contributed by atoms with Gasteiger partial charge in [-0.1, -0.05) is 6.07 Å². The van der Waals surface area contributed by atoms with Crippen molar-refractivity contribution in [2.45, 2.75) is 25.3 Å². The SMILES string of the molecule is FC(F)(F)c1ccc(CN2CCC2)c(C(F)(F)F)c1. The van der Waals surface area contributed by atoms with Gasteiger partial charge in [-0.2, -0.15) is 26.3 Å². The first-order valence-corrected chi connectivity index (χ1v) is 5.67. The summed E-state index contributed by atoms with van der Waals surface area (Å²) in [6.45, 7) is 1.39. The van der Waals surface area contributed by atoms with Gasteiger partial charge < -0.3 is 0 Å². The van der Waals surface area contributed by atoms with Crippen LogP contribution in [0.5, 0.6) is 0 Å². The molecule has 1 aromatic carbocycles. The van der Waals surface area contributed by atoms with Gasteiger partial charge in [0, 0.05) is 6.54 Å². The van der Waals surface area contributed by atoms with Gasteiger partial charge in [-0.25, -0.2) is 0 Å². The first-order valence-electron chi connectivity index (χ1n) is 5.67. The number of benzene rings is 1. The van der Waals surface area contributed by atoms with Crippen molar-refractivity contribution in [2.75, 3.05) is 13.1 Å². The average molecular weight is 283 g/mol. The molecule has 2 rings (SSSR count). The van der Waals surface area contributed by atoms with E-state index < -0.39 is 23.5 Å². The van der Waals surface area contributed by atoms with Crippen molar-refractivity contribution >= 4 is 0 Å². The zero-order valence-electron chi connectivity index (χ0n) is 9.78. The van der Waals surface area contributed by atoms with E-state index in [1.54, 1.807) is 4.90 Å². The molecule has 0 saturated carbocycles. The van der Waals surface area contributed by atoms with Crippen molar-refractivity contribution in [3.05, 3.63) is 34.9 Å². The maximum absolute atomic E-state index is 12.8. The number of rotatable bonds is 2. The highest BCUT2D eigenvalue weighted by atomic mass is 19.4. The summed E-state index contributed by atoms with van der Waals surface area (Å²) in [6.07, 6.45) is -8.64. The van der Waals surface area contributed by atoms with Crippen LogP contribution in [-0.2, 0) is 18.9 Å². The van der Waals surface area contributed by atoms with Gasteiger partial charge in [0.05, 0.1) is 11.1 Å². The van der Waals surface area contributed by atoms with Crippen LogP contribution < -0.4 is 0 Å². The first kappa shape index (κ1) is 14.2. The van der Waals surface area contributed by atoms with Gasteiger partial charge in [-0.3, -0.25) is 4.90 Å². The third-order valence-corrected chi connectivity index (χ3v) is 3.09. The molecule has 1 aromatic rings. The van der Waals surface area contributed by atoms with Crippen molar-refractivity contribution in [3.8, 4) is 0 Å². The zero-order valence-corrected chi connectivity index (χ0v) is 9.78. The van der Waals surface area contributed by atoms with E-state index >= 15 is 0 Å². The summed E-state index contributed by atoms with van der Waals surface area (Å²) < 4.78 is 75.8. The molecule has 1 heterocycles. The van der Waals surface area contributed by atoms with Crippen molar-refractivity contribution in [1.82, 2.24) is 4.90 Å². The van der Waals surface area contributed by atoms with E-state index in [0.29, 0.717) is 19.2 Å². The van der Waals surface area contributed by atoms with E-state index in [1.165, 1.54) is 0 Å². The maximum Gasteiger partial charge on any atom is 0.416 e. The number of nitrogens with zero attached hydrogens (tertiary/aromatic N) is 1. The summed E-state index contributed by atoms with van der Waals surface area (Å²) >= 11 is 0. The highest BCUT2D eigenvalue weighted by Gasteiger charge is 2.38. The van der Waals surface area contributed by atoms with Crippen LogP contribution in [0.15, 0.2) is 18.2 Å². The van der Waals surface area contributed by atoms with E-state index in [4.69, 9.17) is 0 Å². The Morgan fingerprint density at radius 1 is 0.947 bits per heavy atom. The maximum atomic E-state index is 12.8. The molecule has 0 unspecified atom stereocenters. The largest absolute Gasteiger partial charge is 0.416 e. The minimum absolute atomic E-state index is 0.0347. The van der Waals surface area contributed by atoms with Gasteiger partial charge in [0.15, 0.2) is 0 Å². The van der Waals surface area contributed by atoms with E-state index in [0.717, 1.165) is 12.5 Å². The molecule has 1 nitrogen and oxygen atoms in total. The lowest BCUT2D eigenvalue weighted by atomic mass is 10.0. The summed E-state index contributed by atoms with van der Waals surface area (Å²) in [6, 6.07) is 1.81. The average Bonchev–Trinajstić information content (AvgIpc) is 2.20. The summed E-state index contributed by atoms with van der Waals surface area (Å²) in [5.74, 6) is 0. The molecule has 0 radical (unpaired) electrons. The van der Waals surface area contributed by atoms with Crippen LogP contribution in [0.1, 0.15) is 23.1 Å². The molecule has 19 heavy (non-hydrogen) atoms. The second-order valence-corrected chi connectivity index (χ2v) is 4.50. The molecule has 0 atom stereocenters. The molecule has 0 spiro atoms. The third-order valence-electron chi connectivity index (χ3n) is 3.09. The molecule has 0 aromatic heterocycles. The van der Waals surface area contributed by atoms with Gasteiger partial charge in [0.1, 0.15) is 0 Å². The van der Waals surface area contributed by atoms with E-state index in [-0.39, 0.29) is 18.2 Å². The predicted molar refractivity (Wildman–Crippen MR) is 56.3 cm³/mol. The molecule has 0 amide bonds. The Morgan fingerprint density at radius 2 is 1.58 bits per heavy atom. The Morgan fingerprint density at radius 3 is 2.00 bits per heavy atom. The minimum atomic E-state index is -4.78. The quantitative estimate of drug-likeness (QED) is 0.743. The second kappa shape index (κ2) is 4.70. The third kappa shape index (κ3) is 3.20. The Hall–Kier alpha value is -1.24. The molecule has 106 valence electrons. The fourth-order valence-electron chi connectivity index (χ4n) is 1.94. The summed E-state index contributed by atoms with van der Waals surface area (Å²) in [5, 5.41) is 0. The predicted octanol–water partition coefficient (Wildman–Crippen LogP) is 3.93. The van der Waals surface area contributed by atoms with Gasteiger partial charge in [0.25, 0.3) is 0 Å². The molecule has 1 aliphatic rings. The lowest BCUT2D eigenvalue weighted by Crippen LogP contribution is -2.36. The van der Waals surface area contributed by atoms with Crippen molar-refractivity contribution in [3.63, 3.8) is 0 Å². The fraction of sp³-hybridized carbons (Fsp3) is 0.500. The summed E-state index contributed by atoms with van der Waals surface area (Å²) in [4.78, 5) is 1.76. The van der Waals surface area contributed by atoms with Crippen molar-refractivity contribution < 1.29 is 26.3 Å². The number of halogens is 6. The van der Waals surface area contributed by atoms with Crippen LogP contribution in [0.4, 0.5) is 26.3 Å². The van der Waals surface area contributed by atoms with Gasteiger partial charge in [-0.15, -0.1) is 0 Å². The molecular weight excluding hydrogens is 272 g/mol. The molecule has 0 bridgehead atoms. The van der Waals surface area contributed by atoms with Crippen LogP contribution in [0.25, 0.3) is 0 Å². The van der Waals surface area contributed by atoms with Crippen LogP contribution in [0, 0.1) is 0 Å². The topological polar surface area (TPSA) is 3.24 Å². The highest BCUT2D eigenvalue weighted by molar-refractivity contribution is 5.35. The Bertz CT molecular complexity index is 458. The van der Waals surface area contributed by atoms with Crippen LogP contribution in [-0.4, -0.2) is 18.0 Å². The zero-order chi connectivity index (χ0) is 14.3. The highest BCUT2D eigenvalue weighted by Crippen LogP contribution is 2.37. The lowest BCUT2D eigenvalue weighted by Gasteiger charge is -2.31. The smallest absolute Gasteiger partial charge is 0.299 e. The van der Waals surface area contributed by atoms with Crippen LogP contribution in [0.3, 0.4) is 0 Å². The number of hydrogen-bond acceptors (Lipinski definition) is 1. The van der Waals surface area contributed by atoms with E-state index in [2.05, 4.69) is 0 Å². The normalized spacial score (nSPS) is 17.4. The summed E-state index contributed by atoms with van der Waals surface area (Å²) in [5.41, 5.74) is -2.58. The standard InChI is InChI=1S/C12H11F6N/c13-11(14,15)9-3-2-8(7-19-4-1-5-19)10(6-9)12(16,17)18/h2-3,6H,1,4-5,7H2. The molecule has 1 fully saturated rings. The first-order chi connectivity index (χ1) is 8.68.